The van der Waals surface area contributed by atoms with Gasteiger partial charge < -0.3 is 16.0 Å². The van der Waals surface area contributed by atoms with E-state index < -0.39 is 0 Å². The molecular formula is C16H16Cl2N6. The summed E-state index contributed by atoms with van der Waals surface area (Å²) >= 11 is 12.1. The highest BCUT2D eigenvalue weighted by molar-refractivity contribution is 6.42. The minimum absolute atomic E-state index is 0.498. The van der Waals surface area contributed by atoms with Gasteiger partial charge in [-0.3, -0.25) is 5.10 Å². The molecule has 1 aliphatic heterocycles. The topological polar surface area (TPSA) is 82.9 Å². The number of aromatic amines is 1. The minimum Gasteiger partial charge on any atom is -0.384 e. The van der Waals surface area contributed by atoms with Crippen LogP contribution < -0.4 is 11.1 Å². The molecular weight excluding hydrogens is 347 g/mol. The van der Waals surface area contributed by atoms with Crippen molar-refractivity contribution in [2.45, 2.75) is 13.0 Å². The van der Waals surface area contributed by atoms with E-state index in [9.17, 15) is 0 Å². The van der Waals surface area contributed by atoms with Gasteiger partial charge in [0.2, 0.25) is 0 Å². The Morgan fingerprint density at radius 3 is 2.88 bits per heavy atom. The maximum Gasteiger partial charge on any atom is 0.185 e. The Morgan fingerprint density at radius 1 is 1.25 bits per heavy atom. The summed E-state index contributed by atoms with van der Waals surface area (Å²) in [5.74, 6) is 1.34. The van der Waals surface area contributed by atoms with Crippen LogP contribution in [-0.2, 0) is 13.0 Å². The Kier molecular flexibility index (Phi) is 3.75. The quantitative estimate of drug-likeness (QED) is 0.648. The van der Waals surface area contributed by atoms with E-state index in [0.29, 0.717) is 21.5 Å². The summed E-state index contributed by atoms with van der Waals surface area (Å²) in [5, 5.41) is 12.3. The first-order valence-corrected chi connectivity index (χ1v) is 8.34. The predicted molar refractivity (Wildman–Crippen MR) is 98.1 cm³/mol. The lowest BCUT2D eigenvalue weighted by atomic mass is 9.97. The summed E-state index contributed by atoms with van der Waals surface area (Å²) < 4.78 is 0. The molecule has 0 unspecified atom stereocenters. The molecule has 0 radical (unpaired) electrons. The van der Waals surface area contributed by atoms with Crippen LogP contribution >= 0.6 is 23.2 Å². The Labute approximate surface area is 148 Å². The summed E-state index contributed by atoms with van der Waals surface area (Å²) in [6, 6.07) is 5.42. The number of rotatable bonds is 2. The third-order valence-corrected chi connectivity index (χ3v) is 5.04. The van der Waals surface area contributed by atoms with Crippen molar-refractivity contribution in [2.75, 3.05) is 24.6 Å². The average molecular weight is 363 g/mol. The highest BCUT2D eigenvalue weighted by atomic mass is 35.5. The normalized spacial score (nSPS) is 14.8. The maximum atomic E-state index is 6.11. The van der Waals surface area contributed by atoms with E-state index in [1.807, 2.05) is 6.07 Å². The number of nitrogens with zero attached hydrogens (tertiary/aromatic N) is 3. The molecule has 0 amide bonds. The predicted octanol–water partition coefficient (Wildman–Crippen LogP) is 3.58. The number of hydrogen-bond donors (Lipinski definition) is 3. The number of H-pyrrole nitrogens is 1. The first-order valence-electron chi connectivity index (χ1n) is 7.59. The van der Waals surface area contributed by atoms with Gasteiger partial charge in [0, 0.05) is 24.3 Å². The number of nitrogens with one attached hydrogen (secondary N) is 2. The monoisotopic (exact) mass is 362 g/mol. The zero-order chi connectivity index (χ0) is 16.8. The second-order valence-electron chi connectivity index (χ2n) is 6.00. The number of likely N-dealkylation sites (N-methyl/N-ethyl adjacent to an activating group) is 1. The molecule has 4 N–H and O–H groups in total. The van der Waals surface area contributed by atoms with Gasteiger partial charge in [-0.25, -0.2) is 4.98 Å². The number of pyridine rings is 1. The maximum absolute atomic E-state index is 6.11. The van der Waals surface area contributed by atoms with Crippen LogP contribution in [0.1, 0.15) is 11.1 Å². The fraction of sp³-hybridized carbons (Fsp3) is 0.250. The van der Waals surface area contributed by atoms with Crippen LogP contribution in [0.3, 0.4) is 0 Å². The van der Waals surface area contributed by atoms with Gasteiger partial charge in [-0.15, -0.1) is 0 Å². The lowest BCUT2D eigenvalue weighted by Crippen LogP contribution is -2.27. The molecule has 0 saturated carbocycles. The average Bonchev–Trinajstić information content (AvgIpc) is 2.92. The van der Waals surface area contributed by atoms with Gasteiger partial charge >= 0.3 is 0 Å². The van der Waals surface area contributed by atoms with Crippen molar-refractivity contribution in [1.29, 1.82) is 0 Å². The molecule has 24 heavy (non-hydrogen) atoms. The number of nitrogens with two attached hydrogens (primary N) is 1. The molecule has 124 valence electrons. The number of nitrogen functional groups attached to an aromatic ring is 1. The van der Waals surface area contributed by atoms with Crippen LogP contribution in [0.2, 0.25) is 10.0 Å². The summed E-state index contributed by atoms with van der Waals surface area (Å²) in [6.07, 6.45) is 0.907. The molecule has 6 nitrogen and oxygen atoms in total. The van der Waals surface area contributed by atoms with Crippen LogP contribution in [0.15, 0.2) is 18.2 Å². The van der Waals surface area contributed by atoms with E-state index in [2.05, 4.69) is 32.4 Å². The third-order valence-electron chi connectivity index (χ3n) is 4.30. The Morgan fingerprint density at radius 2 is 2.08 bits per heavy atom. The molecule has 3 aromatic rings. The largest absolute Gasteiger partial charge is 0.384 e. The number of anilines is 3. The third kappa shape index (κ3) is 2.56. The molecule has 0 spiro atoms. The van der Waals surface area contributed by atoms with Crippen molar-refractivity contribution in [2.24, 2.45) is 0 Å². The molecule has 0 fully saturated rings. The van der Waals surface area contributed by atoms with Crippen molar-refractivity contribution in [3.8, 4) is 0 Å². The number of benzene rings is 1. The van der Waals surface area contributed by atoms with Crippen LogP contribution in [-0.4, -0.2) is 33.7 Å². The molecule has 0 aliphatic carbocycles. The van der Waals surface area contributed by atoms with E-state index in [4.69, 9.17) is 28.9 Å². The van der Waals surface area contributed by atoms with E-state index in [0.717, 1.165) is 42.0 Å². The zero-order valence-corrected chi connectivity index (χ0v) is 14.5. The highest BCUT2D eigenvalue weighted by Gasteiger charge is 2.23. The fourth-order valence-electron chi connectivity index (χ4n) is 3.10. The Balaban J connectivity index is 1.85. The molecule has 0 atom stereocenters. The van der Waals surface area contributed by atoms with Gasteiger partial charge in [-0.2, -0.15) is 5.10 Å². The van der Waals surface area contributed by atoms with Gasteiger partial charge in [0.05, 0.1) is 15.4 Å². The van der Waals surface area contributed by atoms with Gasteiger partial charge in [-0.1, -0.05) is 23.2 Å². The Bertz CT molecular complexity index is 936. The second-order valence-corrected chi connectivity index (χ2v) is 6.81. The molecule has 1 aliphatic rings. The smallest absolute Gasteiger partial charge is 0.185 e. The lowest BCUT2D eigenvalue weighted by molar-refractivity contribution is 0.314. The Hall–Kier alpha value is -2.02. The van der Waals surface area contributed by atoms with Crippen LogP contribution in [0, 0.1) is 0 Å². The van der Waals surface area contributed by atoms with Crippen molar-refractivity contribution < 1.29 is 0 Å². The zero-order valence-electron chi connectivity index (χ0n) is 13.0. The van der Waals surface area contributed by atoms with Crippen LogP contribution in [0.4, 0.5) is 17.3 Å². The van der Waals surface area contributed by atoms with Crippen LogP contribution in [0.25, 0.3) is 11.0 Å². The van der Waals surface area contributed by atoms with Gasteiger partial charge in [0.15, 0.2) is 5.65 Å². The number of aromatic nitrogens is 3. The van der Waals surface area contributed by atoms with E-state index >= 15 is 0 Å². The molecule has 3 heterocycles. The number of fused-ring (bicyclic) bond motifs is 3. The molecule has 0 saturated heterocycles. The molecule has 2 aromatic heterocycles. The molecule has 1 aromatic carbocycles. The van der Waals surface area contributed by atoms with Crippen molar-refractivity contribution >= 4 is 51.6 Å². The lowest BCUT2D eigenvalue weighted by Gasteiger charge is -2.27. The van der Waals surface area contributed by atoms with Gasteiger partial charge in [0.1, 0.15) is 11.6 Å². The van der Waals surface area contributed by atoms with Gasteiger partial charge in [-0.05, 0) is 37.2 Å². The second kappa shape index (κ2) is 5.81. The fourth-order valence-corrected chi connectivity index (χ4v) is 3.40. The molecule has 4 rings (SSSR count). The van der Waals surface area contributed by atoms with Crippen LogP contribution in [0.5, 0.6) is 0 Å². The summed E-state index contributed by atoms with van der Waals surface area (Å²) in [4.78, 5) is 6.91. The van der Waals surface area contributed by atoms with Crippen molar-refractivity contribution in [3.05, 3.63) is 39.4 Å². The highest BCUT2D eigenvalue weighted by Crippen LogP contribution is 2.35. The SMILES string of the molecule is CN1CCc2c(c(Nc3ccc(Cl)c(Cl)c3)nc3n[nH]c(N)c23)C1. The summed E-state index contributed by atoms with van der Waals surface area (Å²) in [7, 11) is 2.09. The van der Waals surface area contributed by atoms with E-state index in [-0.39, 0.29) is 0 Å². The minimum atomic E-state index is 0.498. The van der Waals surface area contributed by atoms with E-state index in [1.165, 1.54) is 5.56 Å². The van der Waals surface area contributed by atoms with Gasteiger partial charge in [0.25, 0.3) is 0 Å². The number of halogens is 2. The summed E-state index contributed by atoms with van der Waals surface area (Å²) in [5.41, 5.74) is 9.84. The van der Waals surface area contributed by atoms with Crippen molar-refractivity contribution in [1.82, 2.24) is 20.1 Å². The first kappa shape index (κ1) is 15.5. The molecule has 0 bridgehead atoms. The number of hydrogen-bond acceptors (Lipinski definition) is 5. The standard InChI is InChI=1S/C16H16Cl2N6/c1-24-5-4-9-10(7-24)15(21-16-13(9)14(19)22-23-16)20-8-2-3-11(17)12(18)6-8/h2-3,6H,4-5,7H2,1H3,(H4,19,20,21,22,23). The summed E-state index contributed by atoms with van der Waals surface area (Å²) in [6.45, 7) is 1.77. The van der Waals surface area contributed by atoms with Crippen molar-refractivity contribution in [3.63, 3.8) is 0 Å². The molecule has 8 heteroatoms. The van der Waals surface area contributed by atoms with E-state index in [1.54, 1.807) is 12.1 Å². The first-order chi connectivity index (χ1) is 11.5.